The molecule has 2 rings (SSSR count). The Hall–Kier alpha value is -2.83. The van der Waals surface area contributed by atoms with Crippen LogP contribution in [0.25, 0.3) is 0 Å². The average Bonchev–Trinajstić information content (AvgIpc) is 2.94. The van der Waals surface area contributed by atoms with Crippen LogP contribution >= 0.6 is 0 Å². The minimum atomic E-state index is -1.10. The van der Waals surface area contributed by atoms with E-state index in [1.54, 1.807) is 0 Å². The predicted molar refractivity (Wildman–Crippen MR) is 70.7 cm³/mol. The third kappa shape index (κ3) is 3.38. The molecule has 2 N–H and O–H groups in total. The molecule has 0 fully saturated rings. The number of methoxy groups -OCH3 is 1. The highest BCUT2D eigenvalue weighted by Crippen LogP contribution is 2.19. The molecule has 0 unspecified atom stereocenters. The number of halogens is 1. The van der Waals surface area contributed by atoms with Crippen LogP contribution in [0.3, 0.4) is 0 Å². The molecular weight excluding hydrogens is 281 g/mol. The highest BCUT2D eigenvalue weighted by atomic mass is 19.1. The Morgan fingerprint density at radius 2 is 2.14 bits per heavy atom. The molecule has 0 spiro atoms. The van der Waals surface area contributed by atoms with Gasteiger partial charge in [0.2, 0.25) is 0 Å². The largest absolute Gasteiger partial charge is 0.478 e. The number of carbonyl (C=O) groups excluding carboxylic acids is 1. The van der Waals surface area contributed by atoms with Crippen LogP contribution in [0.5, 0.6) is 0 Å². The lowest BCUT2D eigenvalue weighted by Gasteiger charge is -2.09. The number of ether oxygens (including phenoxy) is 1. The molecule has 0 bridgehead atoms. The normalized spacial score (nSPS) is 10.2. The number of furan rings is 1. The van der Waals surface area contributed by atoms with E-state index < -0.39 is 17.8 Å². The van der Waals surface area contributed by atoms with Gasteiger partial charge in [0.25, 0.3) is 0 Å². The molecule has 0 saturated carbocycles. The minimum absolute atomic E-state index is 0.0269. The standard InChI is InChI=1S/C14H12FNO5/c1-20-14(19)11-5-9(15)2-3-12(11)16-6-10-4-8(7-21-10)13(17)18/h2-5,7,16H,6H2,1H3,(H,17,18). The molecule has 1 aromatic heterocycles. The van der Waals surface area contributed by atoms with Gasteiger partial charge in [0, 0.05) is 5.69 Å². The molecular formula is C14H12FNO5. The van der Waals surface area contributed by atoms with Crippen molar-refractivity contribution in [3.05, 3.63) is 53.2 Å². The maximum absolute atomic E-state index is 13.2. The zero-order chi connectivity index (χ0) is 15.4. The Morgan fingerprint density at radius 1 is 1.38 bits per heavy atom. The number of rotatable bonds is 5. The number of carboxylic acids is 1. The van der Waals surface area contributed by atoms with Crippen LogP contribution in [0.2, 0.25) is 0 Å². The van der Waals surface area contributed by atoms with Crippen molar-refractivity contribution < 1.29 is 28.2 Å². The van der Waals surface area contributed by atoms with Crippen LogP contribution in [0, 0.1) is 5.82 Å². The molecule has 0 atom stereocenters. The Bertz CT molecular complexity index is 680. The van der Waals surface area contributed by atoms with E-state index in [0.717, 1.165) is 12.3 Å². The molecule has 0 radical (unpaired) electrons. The van der Waals surface area contributed by atoms with E-state index in [9.17, 15) is 14.0 Å². The van der Waals surface area contributed by atoms with Gasteiger partial charge in [-0.25, -0.2) is 14.0 Å². The van der Waals surface area contributed by atoms with Gasteiger partial charge in [0.15, 0.2) is 0 Å². The number of carbonyl (C=O) groups is 2. The monoisotopic (exact) mass is 293 g/mol. The van der Waals surface area contributed by atoms with Gasteiger partial charge >= 0.3 is 11.9 Å². The number of benzene rings is 1. The lowest BCUT2D eigenvalue weighted by molar-refractivity contribution is 0.0600. The average molecular weight is 293 g/mol. The summed E-state index contributed by atoms with van der Waals surface area (Å²) in [6.07, 6.45) is 1.12. The molecule has 21 heavy (non-hydrogen) atoms. The smallest absolute Gasteiger partial charge is 0.340 e. The molecule has 7 heteroatoms. The molecule has 110 valence electrons. The summed E-state index contributed by atoms with van der Waals surface area (Å²) in [5, 5.41) is 11.6. The van der Waals surface area contributed by atoms with E-state index >= 15 is 0 Å². The fourth-order valence-electron chi connectivity index (χ4n) is 1.72. The molecule has 6 nitrogen and oxygen atoms in total. The summed E-state index contributed by atoms with van der Waals surface area (Å²) in [6, 6.07) is 5.00. The molecule has 0 amide bonds. The van der Waals surface area contributed by atoms with Crippen molar-refractivity contribution in [2.75, 3.05) is 12.4 Å². The lowest BCUT2D eigenvalue weighted by atomic mass is 10.1. The lowest BCUT2D eigenvalue weighted by Crippen LogP contribution is -2.08. The van der Waals surface area contributed by atoms with Crippen molar-refractivity contribution in [3.63, 3.8) is 0 Å². The maximum Gasteiger partial charge on any atom is 0.340 e. The second-order valence-electron chi connectivity index (χ2n) is 4.14. The van der Waals surface area contributed by atoms with Crippen LogP contribution in [-0.2, 0) is 11.3 Å². The fourth-order valence-corrected chi connectivity index (χ4v) is 1.72. The van der Waals surface area contributed by atoms with E-state index in [-0.39, 0.29) is 17.7 Å². The van der Waals surface area contributed by atoms with Gasteiger partial charge in [-0.2, -0.15) is 0 Å². The summed E-state index contributed by atoms with van der Waals surface area (Å²) in [4.78, 5) is 22.3. The number of hydrogen-bond donors (Lipinski definition) is 2. The van der Waals surface area contributed by atoms with Crippen molar-refractivity contribution in [1.29, 1.82) is 0 Å². The number of nitrogens with one attached hydrogen (secondary N) is 1. The molecule has 0 aliphatic carbocycles. The van der Waals surface area contributed by atoms with Gasteiger partial charge < -0.3 is 19.6 Å². The summed E-state index contributed by atoms with van der Waals surface area (Å²) in [5.41, 5.74) is 0.429. The first-order chi connectivity index (χ1) is 10.0. The molecule has 0 aliphatic heterocycles. The zero-order valence-corrected chi connectivity index (χ0v) is 11.1. The van der Waals surface area contributed by atoms with Gasteiger partial charge in [0.1, 0.15) is 17.8 Å². The van der Waals surface area contributed by atoms with Gasteiger partial charge in [0.05, 0.1) is 24.8 Å². The maximum atomic E-state index is 13.2. The summed E-state index contributed by atoms with van der Waals surface area (Å²) < 4.78 is 22.8. The number of aromatic carboxylic acids is 1. The third-order valence-electron chi connectivity index (χ3n) is 2.74. The molecule has 2 aromatic rings. The predicted octanol–water partition coefficient (Wildman–Crippen LogP) is 2.52. The molecule has 1 aromatic carbocycles. The van der Waals surface area contributed by atoms with Crippen molar-refractivity contribution in [3.8, 4) is 0 Å². The topological polar surface area (TPSA) is 88.8 Å². The SMILES string of the molecule is COC(=O)c1cc(F)ccc1NCc1cc(C(=O)O)co1. The first-order valence-corrected chi connectivity index (χ1v) is 5.93. The molecule has 1 heterocycles. The van der Waals surface area contributed by atoms with Crippen LogP contribution in [0.15, 0.2) is 34.9 Å². The summed E-state index contributed by atoms with van der Waals surface area (Å²) >= 11 is 0. The number of hydrogen-bond acceptors (Lipinski definition) is 5. The first kappa shape index (κ1) is 14.6. The van der Waals surface area contributed by atoms with Crippen molar-refractivity contribution in [1.82, 2.24) is 0 Å². The second-order valence-corrected chi connectivity index (χ2v) is 4.14. The highest BCUT2D eigenvalue weighted by molar-refractivity contribution is 5.95. The Kier molecular flexibility index (Phi) is 4.22. The van der Waals surface area contributed by atoms with E-state index in [4.69, 9.17) is 9.52 Å². The van der Waals surface area contributed by atoms with Crippen LogP contribution in [0.1, 0.15) is 26.5 Å². The highest BCUT2D eigenvalue weighted by Gasteiger charge is 2.14. The quantitative estimate of drug-likeness (QED) is 0.823. The van der Waals surface area contributed by atoms with E-state index in [1.165, 1.54) is 25.3 Å². The number of esters is 1. The number of carboxylic acid groups (broad SMARTS) is 1. The van der Waals surface area contributed by atoms with E-state index in [0.29, 0.717) is 11.4 Å². The molecule has 0 saturated heterocycles. The minimum Gasteiger partial charge on any atom is -0.478 e. The molecule has 0 aliphatic rings. The Labute approximate surface area is 119 Å². The van der Waals surface area contributed by atoms with Gasteiger partial charge in [-0.3, -0.25) is 0 Å². The number of anilines is 1. The summed E-state index contributed by atoms with van der Waals surface area (Å²) in [6.45, 7) is 0.142. The van der Waals surface area contributed by atoms with Gasteiger partial charge in [-0.15, -0.1) is 0 Å². The van der Waals surface area contributed by atoms with Crippen LogP contribution in [-0.4, -0.2) is 24.2 Å². The van der Waals surface area contributed by atoms with Gasteiger partial charge in [-0.05, 0) is 24.3 Å². The van der Waals surface area contributed by atoms with Crippen molar-refractivity contribution in [2.45, 2.75) is 6.54 Å². The summed E-state index contributed by atoms with van der Waals surface area (Å²) in [5.74, 6) is -1.97. The van der Waals surface area contributed by atoms with Gasteiger partial charge in [-0.1, -0.05) is 0 Å². The zero-order valence-electron chi connectivity index (χ0n) is 11.1. The Balaban J connectivity index is 2.15. The fraction of sp³-hybridized carbons (Fsp3) is 0.143. The van der Waals surface area contributed by atoms with Crippen molar-refractivity contribution in [2.24, 2.45) is 0 Å². The van der Waals surface area contributed by atoms with Crippen LogP contribution < -0.4 is 5.32 Å². The second kappa shape index (κ2) is 6.08. The first-order valence-electron chi connectivity index (χ1n) is 5.93. The Morgan fingerprint density at radius 3 is 2.76 bits per heavy atom. The van der Waals surface area contributed by atoms with E-state index in [2.05, 4.69) is 10.1 Å². The van der Waals surface area contributed by atoms with Crippen molar-refractivity contribution >= 4 is 17.6 Å². The third-order valence-corrected chi connectivity index (χ3v) is 2.74. The summed E-state index contributed by atoms with van der Waals surface area (Å²) in [7, 11) is 1.20. The van der Waals surface area contributed by atoms with E-state index in [1.807, 2.05) is 0 Å². The van der Waals surface area contributed by atoms with Crippen LogP contribution in [0.4, 0.5) is 10.1 Å².